The van der Waals surface area contributed by atoms with Crippen LogP contribution in [0.4, 0.5) is 0 Å². The zero-order valence-corrected chi connectivity index (χ0v) is 15.3. The fourth-order valence-electron chi connectivity index (χ4n) is 2.66. The molecule has 3 aromatic rings. The van der Waals surface area contributed by atoms with E-state index in [9.17, 15) is 4.79 Å². The van der Waals surface area contributed by atoms with Crippen molar-refractivity contribution in [3.63, 3.8) is 0 Å². The molecule has 2 heterocycles. The molecular formula is C19H19ClN2O4. The molecule has 1 aromatic carbocycles. The third-order valence-corrected chi connectivity index (χ3v) is 4.38. The molecule has 3 rings (SSSR count). The van der Waals surface area contributed by atoms with Gasteiger partial charge in [0.15, 0.2) is 5.58 Å². The number of fused-ring (bicyclic) bond motifs is 1. The normalized spacial score (nSPS) is 12.3. The predicted molar refractivity (Wildman–Crippen MR) is 97.6 cm³/mol. The van der Waals surface area contributed by atoms with E-state index in [1.54, 1.807) is 12.1 Å². The number of nitrogens with zero attached hydrogens (tertiary/aromatic N) is 2. The number of aliphatic carboxylic acids is 1. The second-order valence-corrected chi connectivity index (χ2v) is 6.38. The van der Waals surface area contributed by atoms with Crippen molar-refractivity contribution in [3.8, 4) is 5.75 Å². The molecule has 0 amide bonds. The molecule has 7 heteroatoms. The summed E-state index contributed by atoms with van der Waals surface area (Å²) in [6.07, 6.45) is 0.826. The number of hydrogen-bond donors (Lipinski definition) is 1. The van der Waals surface area contributed by atoms with E-state index in [2.05, 4.69) is 10.1 Å². The van der Waals surface area contributed by atoms with Crippen LogP contribution in [0.1, 0.15) is 43.5 Å². The molecule has 0 radical (unpaired) electrons. The van der Waals surface area contributed by atoms with Crippen molar-refractivity contribution in [3.05, 3.63) is 52.4 Å². The van der Waals surface area contributed by atoms with Crippen LogP contribution < -0.4 is 4.74 Å². The van der Waals surface area contributed by atoms with Gasteiger partial charge in [0, 0.05) is 23.6 Å². The molecule has 2 aromatic heterocycles. The molecule has 26 heavy (non-hydrogen) atoms. The van der Waals surface area contributed by atoms with Crippen LogP contribution in [0.25, 0.3) is 11.0 Å². The second kappa shape index (κ2) is 7.74. The van der Waals surface area contributed by atoms with Crippen LogP contribution in [0, 0.1) is 0 Å². The molecular weight excluding hydrogens is 356 g/mol. The average Bonchev–Trinajstić information content (AvgIpc) is 3.02. The fraction of sp³-hybridized carbons (Fsp3) is 0.316. The van der Waals surface area contributed by atoms with Crippen molar-refractivity contribution in [2.24, 2.45) is 0 Å². The summed E-state index contributed by atoms with van der Waals surface area (Å²) in [5, 5.41) is 13.9. The van der Waals surface area contributed by atoms with Gasteiger partial charge in [-0.15, -0.1) is 0 Å². The highest BCUT2D eigenvalue weighted by Gasteiger charge is 2.17. The Morgan fingerprint density at radius 1 is 1.38 bits per heavy atom. The minimum Gasteiger partial charge on any atom is -0.483 e. The monoisotopic (exact) mass is 374 g/mol. The van der Waals surface area contributed by atoms with Gasteiger partial charge in [0.25, 0.3) is 0 Å². The summed E-state index contributed by atoms with van der Waals surface area (Å²) in [5.41, 5.74) is 2.89. The van der Waals surface area contributed by atoms with E-state index < -0.39 is 5.97 Å². The Morgan fingerprint density at radius 2 is 2.19 bits per heavy atom. The van der Waals surface area contributed by atoms with E-state index in [1.165, 1.54) is 0 Å². The third-order valence-electron chi connectivity index (χ3n) is 4.09. The molecule has 0 spiro atoms. The van der Waals surface area contributed by atoms with E-state index in [4.69, 9.17) is 26.0 Å². The molecule has 1 N–H and O–H groups in total. The van der Waals surface area contributed by atoms with Gasteiger partial charge in [0.05, 0.1) is 22.8 Å². The first kappa shape index (κ1) is 18.2. The van der Waals surface area contributed by atoms with E-state index in [1.807, 2.05) is 32.0 Å². The predicted octanol–water partition coefficient (Wildman–Crippen LogP) is 4.60. The van der Waals surface area contributed by atoms with Crippen LogP contribution in [0.3, 0.4) is 0 Å². The number of aromatic nitrogens is 2. The number of carboxylic acids is 1. The summed E-state index contributed by atoms with van der Waals surface area (Å²) in [6.45, 7) is 3.95. The van der Waals surface area contributed by atoms with Crippen LogP contribution in [0.15, 0.2) is 34.9 Å². The quantitative estimate of drug-likeness (QED) is 0.650. The van der Waals surface area contributed by atoms with Crippen molar-refractivity contribution in [1.82, 2.24) is 10.1 Å². The highest BCUT2D eigenvalue weighted by atomic mass is 35.5. The molecule has 0 bridgehead atoms. The van der Waals surface area contributed by atoms with Gasteiger partial charge in [0.1, 0.15) is 11.9 Å². The Labute approximate surface area is 155 Å². The number of carbonyl (C=O) groups is 1. The largest absolute Gasteiger partial charge is 0.483 e. The fourth-order valence-corrected chi connectivity index (χ4v) is 2.87. The van der Waals surface area contributed by atoms with Crippen molar-refractivity contribution in [1.29, 1.82) is 0 Å². The SMILES string of the molecule is CCc1cccc([C@@H](C)Oc2cc3onc(CCC(=O)O)c3cc2Cl)n1. The molecule has 6 nitrogen and oxygen atoms in total. The minimum atomic E-state index is -0.886. The minimum absolute atomic E-state index is 0.0199. The zero-order valence-electron chi connectivity index (χ0n) is 14.5. The Bertz CT molecular complexity index is 938. The van der Waals surface area contributed by atoms with Crippen LogP contribution in [-0.4, -0.2) is 21.2 Å². The number of pyridine rings is 1. The van der Waals surface area contributed by atoms with Crippen LogP contribution in [0.5, 0.6) is 5.75 Å². The Hall–Kier alpha value is -2.60. The standard InChI is InChI=1S/C19H19ClN2O4/c1-3-12-5-4-6-15(21-12)11(2)25-18-10-17-13(9-14(18)20)16(22-26-17)7-8-19(23)24/h4-6,9-11H,3,7-8H2,1-2H3,(H,23,24)/t11-/m1/s1. The first-order valence-corrected chi connectivity index (χ1v) is 8.77. The van der Waals surface area contributed by atoms with Crippen LogP contribution in [0.2, 0.25) is 5.02 Å². The van der Waals surface area contributed by atoms with Crippen molar-refractivity contribution >= 4 is 28.5 Å². The third kappa shape index (κ3) is 3.96. The molecule has 136 valence electrons. The summed E-state index contributed by atoms with van der Waals surface area (Å²) in [6, 6.07) is 9.21. The maximum Gasteiger partial charge on any atom is 0.303 e. The lowest BCUT2D eigenvalue weighted by Crippen LogP contribution is -2.07. The number of halogens is 1. The van der Waals surface area contributed by atoms with E-state index >= 15 is 0 Å². The summed E-state index contributed by atoms with van der Waals surface area (Å²) in [5.74, 6) is -0.417. The topological polar surface area (TPSA) is 85.5 Å². The van der Waals surface area contributed by atoms with Gasteiger partial charge in [-0.2, -0.15) is 0 Å². The lowest BCUT2D eigenvalue weighted by Gasteiger charge is -2.16. The Morgan fingerprint density at radius 3 is 2.92 bits per heavy atom. The molecule has 0 saturated heterocycles. The van der Waals surface area contributed by atoms with E-state index in [0.717, 1.165) is 17.8 Å². The molecule has 0 aliphatic rings. The zero-order chi connectivity index (χ0) is 18.7. The number of rotatable bonds is 7. The first-order chi connectivity index (χ1) is 12.5. The first-order valence-electron chi connectivity index (χ1n) is 8.40. The molecule has 1 atom stereocenters. The Kier molecular flexibility index (Phi) is 5.42. The van der Waals surface area contributed by atoms with Crippen LogP contribution >= 0.6 is 11.6 Å². The Balaban J connectivity index is 1.83. The number of carboxylic acid groups (broad SMARTS) is 1. The second-order valence-electron chi connectivity index (χ2n) is 5.97. The summed E-state index contributed by atoms with van der Waals surface area (Å²) in [7, 11) is 0. The number of ether oxygens (including phenoxy) is 1. The van der Waals surface area contributed by atoms with E-state index in [-0.39, 0.29) is 18.9 Å². The lowest BCUT2D eigenvalue weighted by molar-refractivity contribution is -0.136. The average molecular weight is 375 g/mol. The van der Waals surface area contributed by atoms with Crippen molar-refractivity contribution in [2.45, 2.75) is 39.2 Å². The van der Waals surface area contributed by atoms with Crippen molar-refractivity contribution in [2.75, 3.05) is 0 Å². The van der Waals surface area contributed by atoms with E-state index in [0.29, 0.717) is 27.4 Å². The van der Waals surface area contributed by atoms with Gasteiger partial charge in [-0.1, -0.05) is 29.7 Å². The summed E-state index contributed by atoms with van der Waals surface area (Å²) < 4.78 is 11.3. The maximum absolute atomic E-state index is 10.7. The van der Waals surface area contributed by atoms with Gasteiger partial charge in [0.2, 0.25) is 0 Å². The summed E-state index contributed by atoms with van der Waals surface area (Å²) in [4.78, 5) is 15.3. The molecule has 0 unspecified atom stereocenters. The van der Waals surface area contributed by atoms with Gasteiger partial charge in [-0.05, 0) is 31.5 Å². The van der Waals surface area contributed by atoms with Crippen LogP contribution in [-0.2, 0) is 17.6 Å². The smallest absolute Gasteiger partial charge is 0.303 e. The number of aryl methyl sites for hydroxylation is 2. The number of hydrogen-bond acceptors (Lipinski definition) is 5. The van der Waals surface area contributed by atoms with Gasteiger partial charge < -0.3 is 14.4 Å². The highest BCUT2D eigenvalue weighted by Crippen LogP contribution is 2.34. The van der Waals surface area contributed by atoms with Crippen molar-refractivity contribution < 1.29 is 19.2 Å². The van der Waals surface area contributed by atoms with Gasteiger partial charge in [-0.25, -0.2) is 0 Å². The highest BCUT2D eigenvalue weighted by molar-refractivity contribution is 6.32. The van der Waals surface area contributed by atoms with Gasteiger partial charge >= 0.3 is 5.97 Å². The van der Waals surface area contributed by atoms with Gasteiger partial charge in [-0.3, -0.25) is 9.78 Å². The number of benzene rings is 1. The molecule has 0 saturated carbocycles. The lowest BCUT2D eigenvalue weighted by atomic mass is 10.1. The molecule has 0 fully saturated rings. The molecule has 0 aliphatic carbocycles. The summed E-state index contributed by atoms with van der Waals surface area (Å²) >= 11 is 6.35. The maximum atomic E-state index is 10.7. The molecule has 0 aliphatic heterocycles.